The highest BCUT2D eigenvalue weighted by Crippen LogP contribution is 2.26. The number of H-pyrrole nitrogens is 1. The van der Waals surface area contributed by atoms with E-state index < -0.39 is 11.7 Å². The number of hydrogen-bond donors (Lipinski definition) is 2. The number of thiophene rings is 1. The van der Waals surface area contributed by atoms with Crippen LogP contribution in [0.25, 0.3) is 10.6 Å². The van der Waals surface area contributed by atoms with E-state index in [4.69, 9.17) is 5.11 Å². The average Bonchev–Trinajstić information content (AvgIpc) is 2.63. The van der Waals surface area contributed by atoms with Crippen LogP contribution in [0.2, 0.25) is 0 Å². The predicted molar refractivity (Wildman–Crippen MR) is 59.9 cm³/mol. The van der Waals surface area contributed by atoms with Gasteiger partial charge in [0.2, 0.25) is 0 Å². The topological polar surface area (TPSA) is 83.0 Å². The van der Waals surface area contributed by atoms with Crippen molar-refractivity contribution in [1.29, 1.82) is 0 Å². The number of carbonyl (C=O) groups is 1. The predicted octanol–water partition coefficient (Wildman–Crippen LogP) is 1.51. The normalized spacial score (nSPS) is 10.3. The SMILES string of the molecule is Cc1ccsc1-c1cc(C(=O)O)nc(=O)[nH]1. The zero-order valence-corrected chi connectivity index (χ0v) is 9.17. The molecule has 2 rings (SSSR count). The van der Waals surface area contributed by atoms with E-state index in [1.165, 1.54) is 17.4 Å². The second kappa shape index (κ2) is 3.90. The van der Waals surface area contributed by atoms with Gasteiger partial charge in [-0.3, -0.25) is 0 Å². The smallest absolute Gasteiger partial charge is 0.354 e. The van der Waals surface area contributed by atoms with Crippen molar-refractivity contribution in [2.45, 2.75) is 6.92 Å². The minimum absolute atomic E-state index is 0.244. The third-order valence-corrected chi connectivity index (χ3v) is 3.12. The van der Waals surface area contributed by atoms with Gasteiger partial charge >= 0.3 is 11.7 Å². The highest BCUT2D eigenvalue weighted by atomic mass is 32.1. The first kappa shape index (κ1) is 10.6. The zero-order chi connectivity index (χ0) is 11.7. The Morgan fingerprint density at radius 2 is 2.31 bits per heavy atom. The summed E-state index contributed by atoms with van der Waals surface area (Å²) in [5, 5.41) is 10.7. The molecule has 5 nitrogen and oxygen atoms in total. The molecule has 0 aromatic carbocycles. The van der Waals surface area contributed by atoms with Crippen LogP contribution in [0.4, 0.5) is 0 Å². The number of aromatic carboxylic acids is 1. The van der Waals surface area contributed by atoms with Crippen molar-refractivity contribution < 1.29 is 9.90 Å². The average molecular weight is 236 g/mol. The highest BCUT2D eigenvalue weighted by Gasteiger charge is 2.11. The van der Waals surface area contributed by atoms with E-state index in [9.17, 15) is 9.59 Å². The molecule has 0 atom stereocenters. The summed E-state index contributed by atoms with van der Waals surface area (Å²) in [7, 11) is 0. The highest BCUT2D eigenvalue weighted by molar-refractivity contribution is 7.13. The Bertz CT molecular complexity index is 600. The zero-order valence-electron chi connectivity index (χ0n) is 8.35. The van der Waals surface area contributed by atoms with Crippen LogP contribution in [0, 0.1) is 6.92 Å². The number of aromatic amines is 1. The Morgan fingerprint density at radius 1 is 1.56 bits per heavy atom. The molecule has 0 bridgehead atoms. The summed E-state index contributed by atoms with van der Waals surface area (Å²) in [4.78, 5) is 28.7. The maximum Gasteiger partial charge on any atom is 0.354 e. The molecule has 0 fully saturated rings. The fourth-order valence-electron chi connectivity index (χ4n) is 1.34. The summed E-state index contributed by atoms with van der Waals surface area (Å²) in [5.74, 6) is -1.21. The van der Waals surface area contributed by atoms with Gasteiger partial charge in [0.15, 0.2) is 5.69 Å². The van der Waals surface area contributed by atoms with Gasteiger partial charge in [0, 0.05) is 0 Å². The third-order valence-electron chi connectivity index (χ3n) is 2.07. The summed E-state index contributed by atoms with van der Waals surface area (Å²) >= 11 is 1.44. The number of hydrogen-bond acceptors (Lipinski definition) is 4. The van der Waals surface area contributed by atoms with E-state index in [1.807, 2.05) is 18.4 Å². The van der Waals surface area contributed by atoms with Gasteiger partial charge in [0.25, 0.3) is 0 Å². The van der Waals surface area contributed by atoms with E-state index in [-0.39, 0.29) is 5.69 Å². The molecule has 82 valence electrons. The Balaban J connectivity index is 2.63. The molecule has 2 N–H and O–H groups in total. The number of nitrogens with one attached hydrogen (secondary N) is 1. The van der Waals surface area contributed by atoms with Crippen LogP contribution < -0.4 is 5.69 Å². The van der Waals surface area contributed by atoms with Crippen molar-refractivity contribution in [3.63, 3.8) is 0 Å². The summed E-state index contributed by atoms with van der Waals surface area (Å²) < 4.78 is 0. The maximum atomic E-state index is 11.2. The van der Waals surface area contributed by atoms with Crippen molar-refractivity contribution in [2.24, 2.45) is 0 Å². The molecule has 0 aliphatic rings. The second-order valence-electron chi connectivity index (χ2n) is 3.22. The molecule has 0 aliphatic heterocycles. The fourth-order valence-corrected chi connectivity index (χ4v) is 2.24. The molecule has 0 saturated heterocycles. The molecule has 2 aromatic rings. The minimum atomic E-state index is -1.21. The van der Waals surface area contributed by atoms with E-state index in [0.29, 0.717) is 5.69 Å². The van der Waals surface area contributed by atoms with E-state index >= 15 is 0 Å². The van der Waals surface area contributed by atoms with Gasteiger partial charge in [-0.1, -0.05) is 0 Å². The third kappa shape index (κ3) is 1.87. The fraction of sp³-hybridized carbons (Fsp3) is 0.100. The second-order valence-corrected chi connectivity index (χ2v) is 4.14. The summed E-state index contributed by atoms with van der Waals surface area (Å²) in [6.45, 7) is 1.89. The monoisotopic (exact) mass is 236 g/mol. The Morgan fingerprint density at radius 3 is 2.88 bits per heavy atom. The number of rotatable bonds is 2. The van der Waals surface area contributed by atoms with Crippen molar-refractivity contribution in [2.75, 3.05) is 0 Å². The van der Waals surface area contributed by atoms with Crippen LogP contribution in [0.15, 0.2) is 22.3 Å². The first-order valence-electron chi connectivity index (χ1n) is 4.47. The molecule has 16 heavy (non-hydrogen) atoms. The van der Waals surface area contributed by atoms with Crippen LogP contribution in [0.5, 0.6) is 0 Å². The molecule has 0 radical (unpaired) electrons. The van der Waals surface area contributed by atoms with Crippen LogP contribution in [0.1, 0.15) is 16.1 Å². The van der Waals surface area contributed by atoms with Crippen molar-refractivity contribution in [1.82, 2.24) is 9.97 Å². The van der Waals surface area contributed by atoms with Crippen molar-refractivity contribution >= 4 is 17.3 Å². The molecule has 0 unspecified atom stereocenters. The summed E-state index contributed by atoms with van der Waals surface area (Å²) in [6, 6.07) is 3.27. The molecule has 2 aromatic heterocycles. The number of aryl methyl sites for hydroxylation is 1. The van der Waals surface area contributed by atoms with Gasteiger partial charge in [0.1, 0.15) is 0 Å². The van der Waals surface area contributed by atoms with Crippen LogP contribution in [-0.4, -0.2) is 21.0 Å². The molecule has 2 heterocycles. The molecule has 0 spiro atoms. The molecular weight excluding hydrogens is 228 g/mol. The van der Waals surface area contributed by atoms with E-state index in [1.54, 1.807) is 0 Å². The van der Waals surface area contributed by atoms with Crippen LogP contribution in [0.3, 0.4) is 0 Å². The molecule has 0 saturated carbocycles. The maximum absolute atomic E-state index is 11.2. The van der Waals surface area contributed by atoms with Gasteiger partial charge in [-0.15, -0.1) is 11.3 Å². The van der Waals surface area contributed by atoms with E-state index in [0.717, 1.165) is 10.4 Å². The lowest BCUT2D eigenvalue weighted by Crippen LogP contribution is -2.16. The summed E-state index contributed by atoms with van der Waals surface area (Å²) in [5.41, 5.74) is 0.585. The van der Waals surface area contributed by atoms with Gasteiger partial charge in [-0.25, -0.2) is 9.59 Å². The molecular formula is C10H8N2O3S. The van der Waals surface area contributed by atoms with Crippen molar-refractivity contribution in [3.8, 4) is 10.6 Å². The Hall–Kier alpha value is -1.95. The Kier molecular flexibility index (Phi) is 2.57. The van der Waals surface area contributed by atoms with Crippen molar-refractivity contribution in [3.05, 3.63) is 39.3 Å². The minimum Gasteiger partial charge on any atom is -0.477 e. The number of carboxylic acid groups (broad SMARTS) is 1. The molecule has 0 aliphatic carbocycles. The lowest BCUT2D eigenvalue weighted by molar-refractivity contribution is 0.0690. The number of aromatic nitrogens is 2. The lowest BCUT2D eigenvalue weighted by atomic mass is 10.2. The number of carboxylic acids is 1. The standard InChI is InChI=1S/C10H8N2O3S/c1-5-2-3-16-8(5)6-4-7(9(13)14)12-10(15)11-6/h2-4H,1H3,(H,13,14)(H,11,12,15). The first-order chi connectivity index (χ1) is 7.58. The van der Waals surface area contributed by atoms with E-state index in [2.05, 4.69) is 9.97 Å². The largest absolute Gasteiger partial charge is 0.477 e. The van der Waals surface area contributed by atoms with Gasteiger partial charge in [-0.05, 0) is 30.0 Å². The Labute approximate surface area is 94.4 Å². The first-order valence-corrected chi connectivity index (χ1v) is 5.35. The van der Waals surface area contributed by atoms with Crippen LogP contribution >= 0.6 is 11.3 Å². The van der Waals surface area contributed by atoms with Gasteiger partial charge in [-0.2, -0.15) is 4.98 Å². The lowest BCUT2D eigenvalue weighted by Gasteiger charge is -2.00. The summed E-state index contributed by atoms with van der Waals surface area (Å²) in [6.07, 6.45) is 0. The molecule has 0 amide bonds. The molecule has 6 heteroatoms. The van der Waals surface area contributed by atoms with Crippen LogP contribution in [-0.2, 0) is 0 Å². The number of nitrogens with zero attached hydrogens (tertiary/aromatic N) is 1. The van der Waals surface area contributed by atoms with Gasteiger partial charge in [0.05, 0.1) is 10.6 Å². The quantitative estimate of drug-likeness (QED) is 0.827. The van der Waals surface area contributed by atoms with Gasteiger partial charge < -0.3 is 10.1 Å².